The Morgan fingerprint density at radius 1 is 1.29 bits per heavy atom. The minimum atomic E-state index is -0.860. The van der Waals surface area contributed by atoms with E-state index in [1.807, 2.05) is 20.8 Å². The summed E-state index contributed by atoms with van der Waals surface area (Å²) in [7, 11) is 0. The fourth-order valence-electron chi connectivity index (χ4n) is 3.21. The predicted molar refractivity (Wildman–Crippen MR) is 63.4 cm³/mol. The number of fused-ring (bicyclic) bond motifs is 1. The Hall–Kier alpha value is -1.06. The van der Waals surface area contributed by atoms with E-state index in [0.717, 1.165) is 0 Å². The number of rotatable bonds is 1. The van der Waals surface area contributed by atoms with Crippen molar-refractivity contribution >= 4 is 11.9 Å². The number of carboxylic acid groups (broad SMARTS) is 1. The summed E-state index contributed by atoms with van der Waals surface area (Å²) in [6.07, 6.45) is 0. The molecule has 0 aromatic rings. The lowest BCUT2D eigenvalue weighted by molar-refractivity contribution is -0.153. The summed E-state index contributed by atoms with van der Waals surface area (Å²) in [6.45, 7) is 10.3. The van der Waals surface area contributed by atoms with Gasteiger partial charge >= 0.3 is 5.97 Å². The summed E-state index contributed by atoms with van der Waals surface area (Å²) in [5.74, 6) is -0.422. The molecular formula is C13H21NO3. The molecule has 4 heteroatoms. The van der Waals surface area contributed by atoms with Crippen LogP contribution >= 0.6 is 0 Å². The average Bonchev–Trinajstić information content (AvgIpc) is 2.60. The Morgan fingerprint density at radius 3 is 2.24 bits per heavy atom. The van der Waals surface area contributed by atoms with Gasteiger partial charge in [0, 0.05) is 17.9 Å². The molecular weight excluding hydrogens is 218 g/mol. The molecule has 1 N–H and O–H groups in total. The lowest BCUT2D eigenvalue weighted by atomic mass is 9.92. The van der Waals surface area contributed by atoms with Gasteiger partial charge in [0.25, 0.3) is 0 Å². The highest BCUT2D eigenvalue weighted by Crippen LogP contribution is 2.65. The van der Waals surface area contributed by atoms with Crippen molar-refractivity contribution in [2.24, 2.45) is 22.7 Å². The molecule has 0 aromatic heterocycles. The maximum absolute atomic E-state index is 12.2. The van der Waals surface area contributed by atoms with Crippen LogP contribution in [0.25, 0.3) is 0 Å². The third-order valence-corrected chi connectivity index (χ3v) is 4.36. The maximum Gasteiger partial charge on any atom is 0.326 e. The molecule has 1 saturated heterocycles. The molecule has 3 atom stereocenters. The summed E-state index contributed by atoms with van der Waals surface area (Å²) in [6, 6.07) is -0.623. The highest BCUT2D eigenvalue weighted by molar-refractivity contribution is 5.88. The largest absolute Gasteiger partial charge is 0.480 e. The van der Waals surface area contributed by atoms with E-state index < -0.39 is 17.4 Å². The van der Waals surface area contributed by atoms with Crippen molar-refractivity contribution in [2.75, 3.05) is 6.54 Å². The van der Waals surface area contributed by atoms with Crippen molar-refractivity contribution in [3.63, 3.8) is 0 Å². The summed E-state index contributed by atoms with van der Waals surface area (Å²) < 4.78 is 0. The smallest absolute Gasteiger partial charge is 0.326 e. The van der Waals surface area contributed by atoms with Gasteiger partial charge in [0.15, 0.2) is 0 Å². The zero-order valence-electron chi connectivity index (χ0n) is 11.2. The van der Waals surface area contributed by atoms with Crippen molar-refractivity contribution in [1.29, 1.82) is 0 Å². The molecule has 0 aromatic carbocycles. The molecule has 0 bridgehead atoms. The average molecular weight is 239 g/mol. The van der Waals surface area contributed by atoms with Gasteiger partial charge in [0.1, 0.15) is 6.04 Å². The van der Waals surface area contributed by atoms with E-state index >= 15 is 0 Å². The van der Waals surface area contributed by atoms with Gasteiger partial charge in [-0.1, -0.05) is 34.6 Å². The molecule has 96 valence electrons. The van der Waals surface area contributed by atoms with E-state index in [2.05, 4.69) is 13.8 Å². The van der Waals surface area contributed by atoms with Crippen LogP contribution in [0, 0.1) is 22.7 Å². The van der Waals surface area contributed by atoms with E-state index in [9.17, 15) is 14.7 Å². The van der Waals surface area contributed by atoms with E-state index in [1.54, 1.807) is 4.90 Å². The Labute approximate surface area is 102 Å². The molecule has 1 saturated carbocycles. The molecule has 2 fully saturated rings. The van der Waals surface area contributed by atoms with Crippen LogP contribution in [-0.2, 0) is 9.59 Å². The van der Waals surface area contributed by atoms with Crippen LogP contribution in [0.2, 0.25) is 0 Å². The van der Waals surface area contributed by atoms with Crippen molar-refractivity contribution in [3.05, 3.63) is 0 Å². The van der Waals surface area contributed by atoms with Gasteiger partial charge in [-0.15, -0.1) is 0 Å². The summed E-state index contributed by atoms with van der Waals surface area (Å²) in [5.41, 5.74) is -0.424. The lowest BCUT2D eigenvalue weighted by Gasteiger charge is -2.33. The molecule has 17 heavy (non-hydrogen) atoms. The second-order valence-corrected chi connectivity index (χ2v) is 6.94. The van der Waals surface area contributed by atoms with E-state index in [4.69, 9.17) is 0 Å². The summed E-state index contributed by atoms with van der Waals surface area (Å²) in [4.78, 5) is 25.2. The fraction of sp³-hybridized carbons (Fsp3) is 0.846. The number of carbonyl (C=O) groups excluding carboxylic acids is 1. The van der Waals surface area contributed by atoms with Crippen molar-refractivity contribution in [3.8, 4) is 0 Å². The van der Waals surface area contributed by atoms with E-state index in [1.165, 1.54) is 0 Å². The highest BCUT2D eigenvalue weighted by Gasteiger charge is 2.69. The van der Waals surface area contributed by atoms with Crippen molar-refractivity contribution < 1.29 is 14.7 Å². The number of hydrogen-bond acceptors (Lipinski definition) is 2. The van der Waals surface area contributed by atoms with Crippen LogP contribution in [0.1, 0.15) is 34.6 Å². The number of aliphatic carboxylic acids is 1. The van der Waals surface area contributed by atoms with Crippen molar-refractivity contribution in [1.82, 2.24) is 4.90 Å². The lowest BCUT2D eigenvalue weighted by Crippen LogP contribution is -2.49. The number of amides is 1. The Balaban J connectivity index is 2.23. The van der Waals surface area contributed by atoms with Crippen LogP contribution in [0.4, 0.5) is 0 Å². The zero-order chi connectivity index (χ0) is 13.2. The highest BCUT2D eigenvalue weighted by atomic mass is 16.4. The van der Waals surface area contributed by atoms with Gasteiger partial charge in [0.2, 0.25) is 5.91 Å². The van der Waals surface area contributed by atoms with Gasteiger partial charge in [-0.2, -0.15) is 0 Å². The quantitative estimate of drug-likeness (QED) is 0.756. The summed E-state index contributed by atoms with van der Waals surface area (Å²) in [5, 5.41) is 9.33. The molecule has 1 aliphatic heterocycles. The first kappa shape index (κ1) is 12.4. The van der Waals surface area contributed by atoms with Gasteiger partial charge in [-0.25, -0.2) is 4.79 Å². The van der Waals surface area contributed by atoms with E-state index in [-0.39, 0.29) is 17.2 Å². The Morgan fingerprint density at radius 2 is 1.82 bits per heavy atom. The Bertz CT molecular complexity index is 381. The first-order valence-electron chi connectivity index (χ1n) is 6.12. The molecule has 2 aliphatic rings. The molecule has 1 aliphatic carbocycles. The first-order chi connectivity index (χ1) is 7.58. The number of carbonyl (C=O) groups is 2. The second kappa shape index (κ2) is 3.24. The maximum atomic E-state index is 12.2. The van der Waals surface area contributed by atoms with Crippen LogP contribution < -0.4 is 0 Å². The number of nitrogens with zero attached hydrogens (tertiary/aromatic N) is 1. The van der Waals surface area contributed by atoms with Crippen LogP contribution in [0.3, 0.4) is 0 Å². The molecule has 2 rings (SSSR count). The summed E-state index contributed by atoms with van der Waals surface area (Å²) >= 11 is 0. The molecule has 1 amide bonds. The zero-order valence-corrected chi connectivity index (χ0v) is 11.2. The van der Waals surface area contributed by atoms with Crippen LogP contribution in [0.5, 0.6) is 0 Å². The minimum Gasteiger partial charge on any atom is -0.480 e. The first-order valence-corrected chi connectivity index (χ1v) is 6.12. The van der Waals surface area contributed by atoms with Gasteiger partial charge in [0.05, 0.1) is 0 Å². The molecule has 1 heterocycles. The molecule has 0 unspecified atom stereocenters. The van der Waals surface area contributed by atoms with E-state index in [0.29, 0.717) is 12.5 Å². The Kier molecular flexibility index (Phi) is 2.36. The van der Waals surface area contributed by atoms with Gasteiger partial charge in [-0.3, -0.25) is 4.79 Å². The van der Waals surface area contributed by atoms with Gasteiger partial charge < -0.3 is 10.0 Å². The molecule has 4 nitrogen and oxygen atoms in total. The number of likely N-dealkylation sites (tertiary alicyclic amines) is 1. The SMILES string of the molecule is CC(C)(C)C(=O)N1C[C@H]2[C@@H]([C@H]1C(=O)O)C2(C)C. The molecule has 0 radical (unpaired) electrons. The topological polar surface area (TPSA) is 57.6 Å². The molecule has 0 spiro atoms. The number of hydrogen-bond donors (Lipinski definition) is 1. The number of carboxylic acids is 1. The minimum absolute atomic E-state index is 0.0482. The number of piperidine rings is 1. The van der Waals surface area contributed by atoms with Crippen LogP contribution in [0.15, 0.2) is 0 Å². The monoisotopic (exact) mass is 239 g/mol. The third-order valence-electron chi connectivity index (χ3n) is 4.36. The predicted octanol–water partition coefficient (Wildman–Crippen LogP) is 1.60. The van der Waals surface area contributed by atoms with Gasteiger partial charge in [-0.05, 0) is 11.3 Å². The van der Waals surface area contributed by atoms with Crippen molar-refractivity contribution in [2.45, 2.75) is 40.7 Å². The second-order valence-electron chi connectivity index (χ2n) is 6.94. The standard InChI is InChI=1S/C13H21NO3/c1-12(2,3)11(17)14-6-7-8(13(7,4)5)9(14)10(15)16/h7-9H,6H2,1-5H3,(H,15,16)/t7-,8-,9-/m0/s1. The van der Waals surface area contributed by atoms with Crippen LogP contribution in [-0.4, -0.2) is 34.5 Å². The third kappa shape index (κ3) is 1.65. The fourth-order valence-corrected chi connectivity index (χ4v) is 3.21. The normalized spacial score (nSPS) is 34.4.